The number of hydrogen-bond donors (Lipinski definition) is 1. The molecular formula is C22H25N3O6S2. The number of benzene rings is 2. The Balaban J connectivity index is 2.05. The maximum Gasteiger partial charge on any atom is 0.326 e. The van der Waals surface area contributed by atoms with Crippen LogP contribution in [0.1, 0.15) is 37.0 Å². The number of rotatable bonds is 9. The van der Waals surface area contributed by atoms with Crippen LogP contribution in [0.5, 0.6) is 5.75 Å². The molecule has 33 heavy (non-hydrogen) atoms. The zero-order chi connectivity index (χ0) is 24.0. The highest BCUT2D eigenvalue weighted by atomic mass is 32.2. The number of nitrogens with two attached hydrogens (primary N) is 1. The minimum absolute atomic E-state index is 0.0747. The molecule has 9 nitrogen and oxygen atoms in total. The average molecular weight is 492 g/mol. The Morgan fingerprint density at radius 1 is 1.15 bits per heavy atom. The summed E-state index contributed by atoms with van der Waals surface area (Å²) in [7, 11) is -3.92. The van der Waals surface area contributed by atoms with Crippen molar-refractivity contribution >= 4 is 43.5 Å². The van der Waals surface area contributed by atoms with Crippen molar-refractivity contribution in [3.63, 3.8) is 0 Å². The van der Waals surface area contributed by atoms with Crippen molar-refractivity contribution in [2.75, 3.05) is 13.2 Å². The molecule has 3 aromatic rings. The third kappa shape index (κ3) is 6.28. The smallest absolute Gasteiger partial charge is 0.326 e. The van der Waals surface area contributed by atoms with Crippen LogP contribution in [0.4, 0.5) is 0 Å². The number of thiazole rings is 1. The minimum Gasteiger partial charge on any atom is -0.494 e. The molecule has 3 rings (SSSR count). The number of unbranched alkanes of at least 4 members (excludes halogenated alkanes) is 1. The molecule has 0 atom stereocenters. The van der Waals surface area contributed by atoms with Gasteiger partial charge in [-0.15, -0.1) is 0 Å². The van der Waals surface area contributed by atoms with E-state index in [9.17, 15) is 18.0 Å². The summed E-state index contributed by atoms with van der Waals surface area (Å²) in [5.41, 5.74) is 0.859. The number of carbonyl (C=O) groups is 2. The summed E-state index contributed by atoms with van der Waals surface area (Å²) >= 11 is 1.07. The summed E-state index contributed by atoms with van der Waals surface area (Å²) in [5.74, 6) is -0.460. The van der Waals surface area contributed by atoms with E-state index in [-0.39, 0.29) is 22.8 Å². The Kier molecular flexibility index (Phi) is 8.01. The van der Waals surface area contributed by atoms with Crippen LogP contribution in [-0.4, -0.2) is 38.1 Å². The highest BCUT2D eigenvalue weighted by molar-refractivity contribution is 7.89. The van der Waals surface area contributed by atoms with Gasteiger partial charge in [-0.3, -0.25) is 9.59 Å². The van der Waals surface area contributed by atoms with Crippen molar-refractivity contribution in [1.82, 2.24) is 4.57 Å². The second-order valence-corrected chi connectivity index (χ2v) is 9.67. The van der Waals surface area contributed by atoms with Gasteiger partial charge in [0.25, 0.3) is 5.91 Å². The van der Waals surface area contributed by atoms with Crippen molar-refractivity contribution in [2.45, 2.75) is 38.1 Å². The van der Waals surface area contributed by atoms with Crippen molar-refractivity contribution in [3.8, 4) is 5.75 Å². The lowest BCUT2D eigenvalue weighted by Gasteiger charge is -2.06. The number of esters is 1. The van der Waals surface area contributed by atoms with Crippen LogP contribution in [0.2, 0.25) is 0 Å². The Morgan fingerprint density at radius 3 is 2.64 bits per heavy atom. The fraction of sp³-hybridized carbons (Fsp3) is 0.318. The number of nitrogens with zero attached hydrogens (tertiary/aromatic N) is 2. The third-order valence-corrected chi connectivity index (χ3v) is 6.57. The summed E-state index contributed by atoms with van der Waals surface area (Å²) in [6, 6.07) is 11.0. The largest absolute Gasteiger partial charge is 0.494 e. The van der Waals surface area contributed by atoms with Gasteiger partial charge >= 0.3 is 5.97 Å². The molecule has 176 valence electrons. The molecule has 0 saturated heterocycles. The number of hydrogen-bond acceptors (Lipinski definition) is 7. The molecule has 0 radical (unpaired) electrons. The highest BCUT2D eigenvalue weighted by Crippen LogP contribution is 2.22. The van der Waals surface area contributed by atoms with Gasteiger partial charge in [0.2, 0.25) is 10.0 Å². The van der Waals surface area contributed by atoms with Crippen LogP contribution in [-0.2, 0) is 26.1 Å². The average Bonchev–Trinajstić information content (AvgIpc) is 3.10. The van der Waals surface area contributed by atoms with E-state index in [0.717, 1.165) is 24.2 Å². The van der Waals surface area contributed by atoms with Crippen LogP contribution in [0, 0.1) is 0 Å². The first-order valence-corrected chi connectivity index (χ1v) is 12.7. The molecule has 0 aliphatic heterocycles. The predicted octanol–water partition coefficient (Wildman–Crippen LogP) is 2.83. The molecule has 0 fully saturated rings. The van der Waals surface area contributed by atoms with Gasteiger partial charge < -0.3 is 14.0 Å². The lowest BCUT2D eigenvalue weighted by atomic mass is 10.2. The molecule has 0 aliphatic carbocycles. The molecule has 2 N–H and O–H groups in total. The number of fused-ring (bicyclic) bond motifs is 1. The summed E-state index contributed by atoms with van der Waals surface area (Å²) in [6.07, 6.45) is 1.90. The van der Waals surface area contributed by atoms with E-state index < -0.39 is 21.9 Å². The van der Waals surface area contributed by atoms with Gasteiger partial charge in [0, 0.05) is 5.56 Å². The van der Waals surface area contributed by atoms with Crippen LogP contribution in [0.25, 0.3) is 10.2 Å². The molecule has 0 saturated carbocycles. The molecule has 1 aromatic heterocycles. The molecule has 2 aromatic carbocycles. The van der Waals surface area contributed by atoms with Crippen molar-refractivity contribution in [2.24, 2.45) is 10.1 Å². The van der Waals surface area contributed by atoms with E-state index in [1.807, 2.05) is 0 Å². The van der Waals surface area contributed by atoms with Crippen LogP contribution in [0.3, 0.4) is 0 Å². The zero-order valence-electron chi connectivity index (χ0n) is 18.3. The predicted molar refractivity (Wildman–Crippen MR) is 125 cm³/mol. The van der Waals surface area contributed by atoms with Gasteiger partial charge in [-0.25, -0.2) is 13.6 Å². The van der Waals surface area contributed by atoms with Crippen LogP contribution < -0.4 is 14.7 Å². The van der Waals surface area contributed by atoms with Gasteiger partial charge in [0.05, 0.1) is 28.3 Å². The topological polar surface area (TPSA) is 130 Å². The summed E-state index contributed by atoms with van der Waals surface area (Å²) in [4.78, 5) is 29.4. The van der Waals surface area contributed by atoms with Gasteiger partial charge in [0.1, 0.15) is 12.3 Å². The first kappa shape index (κ1) is 24.6. The number of amides is 1. The van der Waals surface area contributed by atoms with E-state index in [0.29, 0.717) is 28.1 Å². The lowest BCUT2D eigenvalue weighted by Crippen LogP contribution is -2.23. The van der Waals surface area contributed by atoms with E-state index in [1.54, 1.807) is 31.2 Å². The molecule has 11 heteroatoms. The molecule has 0 aliphatic rings. The molecular weight excluding hydrogens is 466 g/mol. The standard InChI is InChI=1S/C22H25N3O6S2/c1-3-5-11-31-16-8-6-7-15(12-16)21(27)24-22-25(14-20(26)30-4-2)18-10-9-17(33(23,28)29)13-19(18)32-22/h6-10,12-13H,3-5,11,14H2,1-2H3,(H2,23,28,29). The normalized spacial score (nSPS) is 12.2. The molecule has 0 unspecified atom stereocenters. The number of ether oxygens (including phenoxy) is 2. The summed E-state index contributed by atoms with van der Waals surface area (Å²) in [5, 5.41) is 5.23. The maximum atomic E-state index is 12.9. The van der Waals surface area contributed by atoms with Crippen molar-refractivity contribution in [1.29, 1.82) is 0 Å². The quantitative estimate of drug-likeness (QED) is 0.362. The molecule has 1 amide bonds. The second-order valence-electron chi connectivity index (χ2n) is 7.10. The second kappa shape index (κ2) is 10.7. The lowest BCUT2D eigenvalue weighted by molar-refractivity contribution is -0.143. The maximum absolute atomic E-state index is 12.9. The number of carbonyl (C=O) groups excluding carboxylic acids is 2. The third-order valence-electron chi connectivity index (χ3n) is 4.62. The van der Waals surface area contributed by atoms with E-state index >= 15 is 0 Å². The molecule has 0 spiro atoms. The fourth-order valence-electron chi connectivity index (χ4n) is 3.01. The Bertz CT molecular complexity index is 1340. The van der Waals surface area contributed by atoms with Crippen LogP contribution >= 0.6 is 11.3 Å². The minimum atomic E-state index is -3.92. The van der Waals surface area contributed by atoms with Gasteiger partial charge in [-0.05, 0) is 49.7 Å². The monoisotopic (exact) mass is 491 g/mol. The Labute approximate surface area is 195 Å². The first-order valence-electron chi connectivity index (χ1n) is 10.4. The Hall–Kier alpha value is -3.02. The fourth-order valence-corrected chi connectivity index (χ4v) is 4.69. The number of aromatic nitrogens is 1. The summed E-state index contributed by atoms with van der Waals surface area (Å²) < 4.78 is 36.2. The van der Waals surface area contributed by atoms with Crippen molar-refractivity contribution < 1.29 is 27.5 Å². The van der Waals surface area contributed by atoms with Gasteiger partial charge in [0.15, 0.2) is 4.80 Å². The number of sulfonamides is 1. The Morgan fingerprint density at radius 2 is 1.94 bits per heavy atom. The van der Waals surface area contributed by atoms with Gasteiger partial charge in [-0.2, -0.15) is 4.99 Å². The highest BCUT2D eigenvalue weighted by Gasteiger charge is 2.16. The SMILES string of the molecule is CCCCOc1cccc(C(=O)N=c2sc3cc(S(N)(=O)=O)ccc3n2CC(=O)OCC)c1. The van der Waals surface area contributed by atoms with E-state index in [2.05, 4.69) is 11.9 Å². The molecule has 1 heterocycles. The van der Waals surface area contributed by atoms with Gasteiger partial charge in [-0.1, -0.05) is 30.7 Å². The van der Waals surface area contributed by atoms with E-state index in [1.165, 1.54) is 22.8 Å². The van der Waals surface area contributed by atoms with Crippen LogP contribution in [0.15, 0.2) is 52.4 Å². The van der Waals surface area contributed by atoms with E-state index in [4.69, 9.17) is 14.6 Å². The summed E-state index contributed by atoms with van der Waals surface area (Å²) in [6.45, 7) is 4.32. The molecule has 0 bridgehead atoms. The van der Waals surface area contributed by atoms with Crippen molar-refractivity contribution in [3.05, 3.63) is 52.8 Å². The zero-order valence-corrected chi connectivity index (χ0v) is 19.9. The number of primary sulfonamides is 1. The first-order chi connectivity index (χ1) is 15.7.